The summed E-state index contributed by atoms with van der Waals surface area (Å²) in [5.41, 5.74) is 1.89. The minimum Gasteiger partial charge on any atom is -0.506 e. The summed E-state index contributed by atoms with van der Waals surface area (Å²) in [6.07, 6.45) is -0.711. The van der Waals surface area contributed by atoms with Crippen molar-refractivity contribution in [3.63, 3.8) is 0 Å². The number of rotatable bonds is 6. The molecule has 2 saturated heterocycles. The molecule has 4 rings (SSSR count). The molecule has 36 heavy (non-hydrogen) atoms. The molecule has 0 saturated carbocycles. The van der Waals surface area contributed by atoms with E-state index in [-0.39, 0.29) is 26.6 Å². The van der Waals surface area contributed by atoms with Crippen molar-refractivity contribution in [2.75, 3.05) is 69.5 Å². The second kappa shape index (κ2) is 10.8. The molecule has 0 atom stereocenters. The Morgan fingerprint density at radius 3 is 2.11 bits per heavy atom. The average Bonchev–Trinajstić information content (AvgIpc) is 2.88. The quantitative estimate of drug-likeness (QED) is 0.522. The fourth-order valence-corrected chi connectivity index (χ4v) is 4.98. The number of pyridine rings is 1. The van der Waals surface area contributed by atoms with Crippen LogP contribution >= 0.6 is 11.6 Å². The number of aromatic nitrogens is 1. The first kappa shape index (κ1) is 25.9. The van der Waals surface area contributed by atoms with Crippen LogP contribution in [0.4, 0.5) is 27.7 Å². The molecule has 1 aromatic heterocycles. The molecule has 2 aromatic rings. The van der Waals surface area contributed by atoms with Crippen molar-refractivity contribution in [2.24, 2.45) is 10.2 Å². The first-order chi connectivity index (χ1) is 17.2. The number of phenols is 1. The van der Waals surface area contributed by atoms with Crippen molar-refractivity contribution in [3.8, 4) is 5.75 Å². The minimum atomic E-state index is -4.34. The zero-order valence-electron chi connectivity index (χ0n) is 19.4. The summed E-state index contributed by atoms with van der Waals surface area (Å²) in [6, 6.07) is 4.40. The highest BCUT2D eigenvalue weighted by Crippen LogP contribution is 2.41. The van der Waals surface area contributed by atoms with Gasteiger partial charge in [0.05, 0.1) is 49.0 Å². The molecule has 13 nitrogen and oxygen atoms in total. The number of amides is 1. The Morgan fingerprint density at radius 1 is 1.03 bits per heavy atom. The number of sulfonamides is 1. The molecule has 3 heterocycles. The molecular formula is C21H25ClN6O7S. The molecule has 2 aliphatic heterocycles. The summed E-state index contributed by atoms with van der Waals surface area (Å²) in [7, 11) is -3.44. The van der Waals surface area contributed by atoms with Crippen molar-refractivity contribution in [1.82, 2.24) is 9.29 Å². The number of aromatic hydroxyl groups is 1. The normalized spacial score (nSPS) is 16.9. The van der Waals surface area contributed by atoms with Crippen molar-refractivity contribution in [1.29, 1.82) is 0 Å². The van der Waals surface area contributed by atoms with Crippen LogP contribution < -0.4 is 9.80 Å². The van der Waals surface area contributed by atoms with Gasteiger partial charge in [0.1, 0.15) is 16.3 Å². The second-order valence-electron chi connectivity index (χ2n) is 7.96. The molecule has 2 N–H and O–H groups in total. The van der Waals surface area contributed by atoms with Gasteiger partial charge in [0, 0.05) is 39.3 Å². The molecule has 1 aromatic carbocycles. The van der Waals surface area contributed by atoms with Crippen LogP contribution in [-0.2, 0) is 19.5 Å². The van der Waals surface area contributed by atoms with Crippen LogP contribution in [0.15, 0.2) is 39.5 Å². The molecular weight excluding hydrogens is 516 g/mol. The Hall–Kier alpha value is -3.20. The predicted molar refractivity (Wildman–Crippen MR) is 131 cm³/mol. The lowest BCUT2D eigenvalue weighted by molar-refractivity contribution is 0.121. The summed E-state index contributed by atoms with van der Waals surface area (Å²) in [5.74, 6) is -0.200. The molecule has 2 fully saturated rings. The van der Waals surface area contributed by atoms with E-state index in [0.717, 1.165) is 30.7 Å². The fourth-order valence-electron chi connectivity index (χ4n) is 3.74. The summed E-state index contributed by atoms with van der Waals surface area (Å²) in [6.45, 7) is 5.04. The molecule has 0 radical (unpaired) electrons. The van der Waals surface area contributed by atoms with E-state index in [1.54, 1.807) is 12.1 Å². The standard InChI is InChI=1S/C21H25ClN6O7S/c1-26(21(30)31)36(32,33)14-10-15(22)20(23-13-14)25-24-16-11-17(27-2-6-34-7-3-27)18(12-19(16)29)28-4-8-35-9-5-28/h10-13,29H,2-9H2,1H3,(H,30,31). The third kappa shape index (κ3) is 5.46. The Morgan fingerprint density at radius 2 is 1.58 bits per heavy atom. The molecule has 0 aliphatic carbocycles. The number of carbonyl (C=O) groups is 1. The van der Waals surface area contributed by atoms with Crippen LogP contribution in [-0.4, -0.2) is 93.7 Å². The highest BCUT2D eigenvalue weighted by atomic mass is 35.5. The Labute approximate surface area is 212 Å². The predicted octanol–water partition coefficient (Wildman–Crippen LogP) is 2.83. The highest BCUT2D eigenvalue weighted by Gasteiger charge is 2.27. The van der Waals surface area contributed by atoms with Crippen LogP contribution in [0.3, 0.4) is 0 Å². The topological polar surface area (TPSA) is 157 Å². The average molecular weight is 541 g/mol. The van der Waals surface area contributed by atoms with E-state index in [4.69, 9.17) is 26.2 Å². The van der Waals surface area contributed by atoms with Crippen LogP contribution in [0.25, 0.3) is 0 Å². The third-order valence-corrected chi connectivity index (χ3v) is 7.73. The summed E-state index contributed by atoms with van der Waals surface area (Å²) < 4.78 is 35.8. The lowest BCUT2D eigenvalue weighted by Gasteiger charge is -2.36. The maximum Gasteiger partial charge on any atom is 0.421 e. The zero-order chi connectivity index (χ0) is 25.9. The first-order valence-electron chi connectivity index (χ1n) is 11.0. The van der Waals surface area contributed by atoms with Crippen LogP contribution in [0, 0.1) is 0 Å². The van der Waals surface area contributed by atoms with E-state index < -0.39 is 21.0 Å². The Kier molecular flexibility index (Phi) is 7.78. The number of morpholine rings is 2. The number of hydrogen-bond donors (Lipinski definition) is 2. The largest absolute Gasteiger partial charge is 0.506 e. The van der Waals surface area contributed by atoms with Gasteiger partial charge in [0.15, 0.2) is 5.82 Å². The van der Waals surface area contributed by atoms with Crippen molar-refractivity contribution in [3.05, 3.63) is 29.4 Å². The van der Waals surface area contributed by atoms with E-state index in [1.165, 1.54) is 0 Å². The van der Waals surface area contributed by atoms with E-state index in [2.05, 4.69) is 25.0 Å². The number of benzene rings is 1. The summed E-state index contributed by atoms with van der Waals surface area (Å²) in [4.78, 5) is 18.8. The van der Waals surface area contributed by atoms with Gasteiger partial charge in [-0.25, -0.2) is 22.5 Å². The lowest BCUT2D eigenvalue weighted by atomic mass is 10.1. The SMILES string of the molecule is CN(C(=O)O)S(=O)(=O)c1cnc(N=Nc2cc(N3CCOCC3)c(N3CCOCC3)cc2O)c(Cl)c1. The third-order valence-electron chi connectivity index (χ3n) is 5.75. The van der Waals surface area contributed by atoms with Gasteiger partial charge in [-0.15, -0.1) is 10.2 Å². The monoisotopic (exact) mass is 540 g/mol. The maximum absolute atomic E-state index is 12.3. The van der Waals surface area contributed by atoms with Crippen molar-refractivity contribution >= 4 is 50.6 Å². The second-order valence-corrected chi connectivity index (χ2v) is 10.3. The zero-order valence-corrected chi connectivity index (χ0v) is 20.9. The number of nitrogens with zero attached hydrogens (tertiary/aromatic N) is 6. The summed E-state index contributed by atoms with van der Waals surface area (Å²) in [5, 5.41) is 27.6. The lowest BCUT2D eigenvalue weighted by Crippen LogP contribution is -2.40. The number of hydrogen-bond acceptors (Lipinski definition) is 11. The van der Waals surface area contributed by atoms with Gasteiger partial charge in [-0.1, -0.05) is 11.6 Å². The van der Waals surface area contributed by atoms with E-state index in [9.17, 15) is 18.3 Å². The van der Waals surface area contributed by atoms with Gasteiger partial charge in [-0.05, 0) is 12.1 Å². The number of anilines is 2. The molecule has 0 unspecified atom stereocenters. The van der Waals surface area contributed by atoms with Gasteiger partial charge in [-0.3, -0.25) is 0 Å². The minimum absolute atomic E-state index is 0.0989. The van der Waals surface area contributed by atoms with Gasteiger partial charge >= 0.3 is 6.09 Å². The van der Waals surface area contributed by atoms with Crippen molar-refractivity contribution < 1.29 is 32.9 Å². The fraction of sp³-hybridized carbons (Fsp3) is 0.429. The van der Waals surface area contributed by atoms with Crippen molar-refractivity contribution in [2.45, 2.75) is 4.90 Å². The molecule has 194 valence electrons. The van der Waals surface area contributed by atoms with E-state index in [1.807, 2.05) is 0 Å². The number of carboxylic acid groups (broad SMARTS) is 1. The molecule has 1 amide bonds. The molecule has 15 heteroatoms. The molecule has 0 bridgehead atoms. The number of phenolic OH excluding ortho intramolecular Hbond substituents is 1. The number of halogens is 1. The van der Waals surface area contributed by atoms with Crippen LogP contribution in [0.2, 0.25) is 5.02 Å². The van der Waals surface area contributed by atoms with Gasteiger partial charge in [0.25, 0.3) is 10.0 Å². The Bertz CT molecular complexity index is 1260. The van der Waals surface area contributed by atoms with Crippen LogP contribution in [0.5, 0.6) is 5.75 Å². The smallest absolute Gasteiger partial charge is 0.421 e. The number of azo groups is 1. The molecule has 2 aliphatic rings. The first-order valence-corrected chi connectivity index (χ1v) is 12.8. The van der Waals surface area contributed by atoms with E-state index >= 15 is 0 Å². The highest BCUT2D eigenvalue weighted by molar-refractivity contribution is 7.89. The van der Waals surface area contributed by atoms with Gasteiger partial charge in [0.2, 0.25) is 0 Å². The Balaban J connectivity index is 1.65. The number of ether oxygens (including phenoxy) is 2. The summed E-state index contributed by atoms with van der Waals surface area (Å²) >= 11 is 6.16. The van der Waals surface area contributed by atoms with Crippen LogP contribution in [0.1, 0.15) is 0 Å². The maximum atomic E-state index is 12.3. The van der Waals surface area contributed by atoms with E-state index in [0.29, 0.717) is 52.6 Å². The van der Waals surface area contributed by atoms with Gasteiger partial charge < -0.3 is 29.5 Å². The van der Waals surface area contributed by atoms with Gasteiger partial charge in [-0.2, -0.15) is 0 Å². The molecule has 0 spiro atoms.